The summed E-state index contributed by atoms with van der Waals surface area (Å²) in [6, 6.07) is 11.8. The fourth-order valence-electron chi connectivity index (χ4n) is 3.41. The number of nitrogens with zero attached hydrogens (tertiary/aromatic N) is 3. The number of carbonyl (C=O) groups excluding carboxylic acids is 1. The van der Waals surface area contributed by atoms with Crippen LogP contribution in [0.5, 0.6) is 5.75 Å². The third kappa shape index (κ3) is 4.75. The molecule has 31 heavy (non-hydrogen) atoms. The van der Waals surface area contributed by atoms with E-state index in [4.69, 9.17) is 4.84 Å². The largest absolute Gasteiger partial charge is 0.435 e. The molecule has 1 aliphatic carbocycles. The first-order valence-corrected chi connectivity index (χ1v) is 9.86. The number of ether oxygens (including phenoxy) is 1. The summed E-state index contributed by atoms with van der Waals surface area (Å²) in [5, 5.41) is 6.92. The average Bonchev–Trinajstić information content (AvgIpc) is 3.54. The van der Waals surface area contributed by atoms with Crippen LogP contribution in [0.15, 0.2) is 47.6 Å². The Morgan fingerprint density at radius 2 is 2.00 bits per heavy atom. The Bertz CT molecular complexity index is 997. The summed E-state index contributed by atoms with van der Waals surface area (Å²) in [5.41, 5.74) is 9.40. The topological polar surface area (TPSA) is 78.4 Å². The molecular weight excluding hydrogens is 408 g/mol. The van der Waals surface area contributed by atoms with E-state index >= 15 is 0 Å². The van der Waals surface area contributed by atoms with Crippen LogP contribution in [-0.2, 0) is 11.4 Å². The summed E-state index contributed by atoms with van der Waals surface area (Å²) in [6.45, 7) is -1.02. The molecule has 8 nitrogen and oxygen atoms in total. The Balaban J connectivity index is 1.53. The lowest BCUT2D eigenvalue weighted by Gasteiger charge is -2.20. The second-order valence-corrected chi connectivity index (χ2v) is 7.38. The summed E-state index contributed by atoms with van der Waals surface area (Å²) < 4.78 is 29.3. The average molecular weight is 431 g/mol. The Hall–Kier alpha value is -3.24. The Morgan fingerprint density at radius 3 is 2.68 bits per heavy atom. The molecule has 1 aliphatic heterocycles. The van der Waals surface area contributed by atoms with Crippen molar-refractivity contribution >= 4 is 17.4 Å². The molecule has 0 aromatic heterocycles. The highest BCUT2D eigenvalue weighted by molar-refractivity contribution is 5.98. The number of carbonyl (C=O) groups is 1. The molecule has 2 amide bonds. The van der Waals surface area contributed by atoms with Crippen molar-refractivity contribution in [2.75, 3.05) is 12.1 Å². The van der Waals surface area contributed by atoms with Crippen LogP contribution < -0.4 is 20.8 Å². The third-order valence-corrected chi connectivity index (χ3v) is 5.14. The Labute approximate surface area is 178 Å². The zero-order chi connectivity index (χ0) is 22.0. The molecule has 1 saturated carbocycles. The van der Waals surface area contributed by atoms with E-state index < -0.39 is 6.61 Å². The highest BCUT2D eigenvalue weighted by Gasteiger charge is 2.32. The van der Waals surface area contributed by atoms with E-state index in [0.717, 1.165) is 24.0 Å². The van der Waals surface area contributed by atoms with Gasteiger partial charge in [-0.2, -0.15) is 8.78 Å². The number of rotatable bonds is 8. The van der Waals surface area contributed by atoms with Crippen LogP contribution in [-0.4, -0.2) is 30.4 Å². The normalized spacial score (nSPS) is 16.9. The van der Waals surface area contributed by atoms with Crippen molar-refractivity contribution in [3.8, 4) is 5.75 Å². The molecular formula is C21H23F2N5O3. The second-order valence-electron chi connectivity index (χ2n) is 7.38. The van der Waals surface area contributed by atoms with Crippen LogP contribution in [0.2, 0.25) is 0 Å². The first kappa shape index (κ1) is 21.0. The molecule has 0 radical (unpaired) electrons. The minimum Gasteiger partial charge on any atom is -0.435 e. The van der Waals surface area contributed by atoms with Gasteiger partial charge in [0.2, 0.25) is 0 Å². The maximum absolute atomic E-state index is 12.5. The fraction of sp³-hybridized carbons (Fsp3) is 0.333. The van der Waals surface area contributed by atoms with Gasteiger partial charge in [0, 0.05) is 18.2 Å². The van der Waals surface area contributed by atoms with E-state index in [1.165, 1.54) is 22.2 Å². The third-order valence-electron chi connectivity index (χ3n) is 5.14. The van der Waals surface area contributed by atoms with Crippen LogP contribution in [0, 0.1) is 0 Å². The van der Waals surface area contributed by atoms with Crippen LogP contribution in [0.25, 0.3) is 0 Å². The summed E-state index contributed by atoms with van der Waals surface area (Å²) in [4.78, 5) is 18.1. The predicted octanol–water partition coefficient (Wildman–Crippen LogP) is 3.90. The molecule has 2 aromatic rings. The molecule has 1 saturated heterocycles. The first-order chi connectivity index (χ1) is 14.9. The Morgan fingerprint density at radius 1 is 1.23 bits per heavy atom. The molecule has 0 unspecified atom stereocenters. The maximum Gasteiger partial charge on any atom is 0.387 e. The number of oxime groups is 1. The highest BCUT2D eigenvalue weighted by atomic mass is 19.3. The number of anilines is 1. The number of nitrogens with one attached hydrogen (secondary N) is 2. The van der Waals surface area contributed by atoms with E-state index in [1.54, 1.807) is 26.1 Å². The molecule has 2 aromatic carbocycles. The van der Waals surface area contributed by atoms with Crippen molar-refractivity contribution in [1.82, 2.24) is 16.1 Å². The van der Waals surface area contributed by atoms with E-state index in [2.05, 4.69) is 21.0 Å². The molecule has 10 heteroatoms. The second kappa shape index (κ2) is 8.86. The van der Waals surface area contributed by atoms with Crippen LogP contribution >= 0.6 is 0 Å². The van der Waals surface area contributed by atoms with Crippen LogP contribution in [0.4, 0.5) is 19.3 Å². The lowest BCUT2D eigenvalue weighted by molar-refractivity contribution is -0.0498. The van der Waals surface area contributed by atoms with Crippen LogP contribution in [0.3, 0.4) is 0 Å². The van der Waals surface area contributed by atoms with Crippen molar-refractivity contribution in [3.63, 3.8) is 0 Å². The molecule has 0 bridgehead atoms. The van der Waals surface area contributed by atoms with Crippen molar-refractivity contribution in [2.45, 2.75) is 38.9 Å². The number of hydrazine groups is 3. The van der Waals surface area contributed by atoms with Gasteiger partial charge in [0.1, 0.15) is 12.4 Å². The molecule has 2 N–H and O–H groups in total. The molecule has 0 spiro atoms. The van der Waals surface area contributed by atoms with Crippen molar-refractivity contribution in [3.05, 3.63) is 59.2 Å². The van der Waals surface area contributed by atoms with Gasteiger partial charge in [0.05, 0.1) is 11.4 Å². The van der Waals surface area contributed by atoms with Crippen LogP contribution in [0.1, 0.15) is 42.4 Å². The fourth-order valence-corrected chi connectivity index (χ4v) is 3.41. The predicted molar refractivity (Wildman–Crippen MR) is 110 cm³/mol. The van der Waals surface area contributed by atoms with E-state index in [1.807, 2.05) is 18.2 Å². The molecule has 0 atom stereocenters. The van der Waals surface area contributed by atoms with Gasteiger partial charge in [-0.25, -0.2) is 14.8 Å². The summed E-state index contributed by atoms with van der Waals surface area (Å²) in [5.74, 6) is 0.494. The summed E-state index contributed by atoms with van der Waals surface area (Å²) in [7, 11) is 1.62. The summed E-state index contributed by atoms with van der Waals surface area (Å²) >= 11 is 0. The van der Waals surface area contributed by atoms with Gasteiger partial charge in [-0.15, -0.1) is 11.1 Å². The van der Waals surface area contributed by atoms with E-state index in [-0.39, 0.29) is 18.4 Å². The van der Waals surface area contributed by atoms with E-state index in [9.17, 15) is 13.6 Å². The van der Waals surface area contributed by atoms with Gasteiger partial charge in [-0.3, -0.25) is 0 Å². The van der Waals surface area contributed by atoms with Crippen molar-refractivity contribution in [2.24, 2.45) is 5.16 Å². The van der Waals surface area contributed by atoms with Gasteiger partial charge in [-0.05, 0) is 49.4 Å². The van der Waals surface area contributed by atoms with Gasteiger partial charge in [0.15, 0.2) is 0 Å². The molecule has 164 valence electrons. The SMILES string of the molecule is CC(=NOCc1c(C2CC2)cccc1N1NNN(C)C1=O)c1cccc(OC(F)F)c1. The maximum atomic E-state index is 12.5. The standard InChI is InChI=1S/C21H23F2N5O3/c1-13(15-5-3-6-16(11-15)31-20(22)23)24-30-12-18-17(14-9-10-14)7-4-8-19(18)28-21(29)27(2)25-26-28/h3-8,11,14,20,25-26H,9-10,12H2,1-2H3. The molecule has 2 fully saturated rings. The molecule has 2 aliphatic rings. The first-order valence-electron chi connectivity index (χ1n) is 9.86. The smallest absolute Gasteiger partial charge is 0.387 e. The monoisotopic (exact) mass is 431 g/mol. The van der Waals surface area contributed by atoms with Gasteiger partial charge in [0.25, 0.3) is 0 Å². The lowest BCUT2D eigenvalue weighted by Crippen LogP contribution is -2.38. The quantitative estimate of drug-likeness (QED) is 0.490. The van der Waals surface area contributed by atoms with Crippen molar-refractivity contribution in [1.29, 1.82) is 0 Å². The minimum atomic E-state index is -2.89. The van der Waals surface area contributed by atoms with E-state index in [0.29, 0.717) is 22.9 Å². The number of hydrogen-bond donors (Lipinski definition) is 2. The number of amides is 2. The number of halogens is 2. The molecule has 1 heterocycles. The number of alkyl halides is 2. The zero-order valence-corrected chi connectivity index (χ0v) is 17.1. The number of hydrogen-bond acceptors (Lipinski definition) is 6. The highest BCUT2D eigenvalue weighted by Crippen LogP contribution is 2.44. The lowest BCUT2D eigenvalue weighted by atomic mass is 10.0. The Kier molecular flexibility index (Phi) is 6.01. The zero-order valence-electron chi connectivity index (χ0n) is 17.1. The van der Waals surface area contributed by atoms with Gasteiger partial charge in [-0.1, -0.05) is 29.4 Å². The summed E-state index contributed by atoms with van der Waals surface area (Å²) in [6.07, 6.45) is 2.18. The van der Waals surface area contributed by atoms with Gasteiger partial charge >= 0.3 is 12.6 Å². The van der Waals surface area contributed by atoms with Crippen molar-refractivity contribution < 1.29 is 23.1 Å². The van der Waals surface area contributed by atoms with Gasteiger partial charge < -0.3 is 9.57 Å². The number of urea groups is 1. The minimum absolute atomic E-state index is 0.0543. The number of benzene rings is 2. The molecule has 4 rings (SSSR count).